The Bertz CT molecular complexity index is 182. The van der Waals surface area contributed by atoms with E-state index in [9.17, 15) is 4.79 Å². The molecule has 3 heteroatoms. The van der Waals surface area contributed by atoms with Crippen LogP contribution in [0.25, 0.3) is 0 Å². The van der Waals surface area contributed by atoms with Crippen molar-refractivity contribution in [2.45, 2.75) is 33.1 Å². The second kappa shape index (κ2) is 6.02. The number of carbonyl (C=O) groups excluding carboxylic acids is 1. The summed E-state index contributed by atoms with van der Waals surface area (Å²) in [4.78, 5) is 13.6. The molecule has 1 N–H and O–H groups in total. The highest BCUT2D eigenvalue weighted by Gasteiger charge is 2.27. The van der Waals surface area contributed by atoms with Crippen molar-refractivity contribution in [3.63, 3.8) is 0 Å². The lowest BCUT2D eigenvalue weighted by Crippen LogP contribution is -2.33. The molecule has 0 spiro atoms. The lowest BCUT2D eigenvalue weighted by molar-refractivity contribution is -0.127. The number of hydrogen-bond donors (Lipinski definition) is 1. The summed E-state index contributed by atoms with van der Waals surface area (Å²) in [6.45, 7) is 8.06. The van der Waals surface area contributed by atoms with Crippen molar-refractivity contribution < 1.29 is 4.79 Å². The SMILES string of the molecule is CCCC1CC(=O)N(CCNCC)C1. The molecule has 1 atom stereocenters. The molecule has 0 aromatic heterocycles. The third-order valence-corrected chi connectivity index (χ3v) is 2.80. The maximum Gasteiger partial charge on any atom is 0.222 e. The number of amides is 1. The van der Waals surface area contributed by atoms with E-state index in [0.717, 1.165) is 32.6 Å². The van der Waals surface area contributed by atoms with Gasteiger partial charge in [-0.3, -0.25) is 4.79 Å². The van der Waals surface area contributed by atoms with Crippen LogP contribution in [0.1, 0.15) is 33.1 Å². The molecule has 3 nitrogen and oxygen atoms in total. The second-order valence-electron chi connectivity index (χ2n) is 4.05. The van der Waals surface area contributed by atoms with E-state index in [1.165, 1.54) is 12.8 Å². The number of carbonyl (C=O) groups is 1. The zero-order chi connectivity index (χ0) is 10.4. The number of likely N-dealkylation sites (tertiary alicyclic amines) is 1. The molecule has 0 aromatic carbocycles. The van der Waals surface area contributed by atoms with Crippen LogP contribution < -0.4 is 5.32 Å². The summed E-state index contributed by atoms with van der Waals surface area (Å²) < 4.78 is 0. The highest BCUT2D eigenvalue weighted by molar-refractivity contribution is 5.78. The van der Waals surface area contributed by atoms with Gasteiger partial charge in [0, 0.05) is 26.1 Å². The molecule has 0 aliphatic carbocycles. The fourth-order valence-corrected chi connectivity index (χ4v) is 2.06. The molecule has 1 rings (SSSR count). The molecule has 14 heavy (non-hydrogen) atoms. The van der Waals surface area contributed by atoms with Crippen LogP contribution in [0.5, 0.6) is 0 Å². The van der Waals surface area contributed by atoms with Crippen molar-refractivity contribution >= 4 is 5.91 Å². The molecule has 1 fully saturated rings. The van der Waals surface area contributed by atoms with Crippen molar-refractivity contribution in [1.29, 1.82) is 0 Å². The lowest BCUT2D eigenvalue weighted by Gasteiger charge is -2.16. The molecular weight excluding hydrogens is 176 g/mol. The molecule has 1 amide bonds. The highest BCUT2D eigenvalue weighted by Crippen LogP contribution is 2.21. The van der Waals surface area contributed by atoms with Crippen molar-refractivity contribution in [3.05, 3.63) is 0 Å². The van der Waals surface area contributed by atoms with E-state index in [1.54, 1.807) is 0 Å². The first-order valence-electron chi connectivity index (χ1n) is 5.76. The molecule has 1 aliphatic rings. The van der Waals surface area contributed by atoms with Gasteiger partial charge in [0.05, 0.1) is 0 Å². The van der Waals surface area contributed by atoms with Gasteiger partial charge in [-0.1, -0.05) is 20.3 Å². The first-order chi connectivity index (χ1) is 6.77. The molecule has 0 aromatic rings. The molecule has 1 heterocycles. The van der Waals surface area contributed by atoms with Gasteiger partial charge < -0.3 is 10.2 Å². The maximum atomic E-state index is 11.6. The smallest absolute Gasteiger partial charge is 0.222 e. The van der Waals surface area contributed by atoms with Crippen LogP contribution in [0.15, 0.2) is 0 Å². The van der Waals surface area contributed by atoms with Crippen molar-refractivity contribution in [1.82, 2.24) is 10.2 Å². The zero-order valence-electron chi connectivity index (χ0n) is 9.38. The van der Waals surface area contributed by atoms with Crippen molar-refractivity contribution in [2.75, 3.05) is 26.2 Å². The number of rotatable bonds is 6. The minimum Gasteiger partial charge on any atom is -0.341 e. The number of nitrogens with zero attached hydrogens (tertiary/aromatic N) is 1. The minimum absolute atomic E-state index is 0.348. The third-order valence-electron chi connectivity index (χ3n) is 2.80. The fraction of sp³-hybridized carbons (Fsp3) is 0.909. The van der Waals surface area contributed by atoms with E-state index < -0.39 is 0 Å². The molecule has 0 bridgehead atoms. The summed E-state index contributed by atoms with van der Waals surface area (Å²) in [5.74, 6) is 0.968. The average Bonchev–Trinajstić information content (AvgIpc) is 2.48. The van der Waals surface area contributed by atoms with Crippen LogP contribution in [0, 0.1) is 5.92 Å². The predicted octanol–water partition coefficient (Wildman–Crippen LogP) is 1.24. The second-order valence-corrected chi connectivity index (χ2v) is 4.05. The van der Waals surface area contributed by atoms with E-state index in [2.05, 4.69) is 19.2 Å². The van der Waals surface area contributed by atoms with E-state index in [4.69, 9.17) is 0 Å². The molecule has 1 unspecified atom stereocenters. The maximum absolute atomic E-state index is 11.6. The summed E-state index contributed by atoms with van der Waals surface area (Å²) in [6, 6.07) is 0. The Labute approximate surface area is 86.9 Å². The largest absolute Gasteiger partial charge is 0.341 e. The van der Waals surface area contributed by atoms with E-state index in [1.807, 2.05) is 4.90 Å². The Morgan fingerprint density at radius 2 is 2.29 bits per heavy atom. The van der Waals surface area contributed by atoms with E-state index >= 15 is 0 Å². The predicted molar refractivity (Wildman–Crippen MR) is 58.1 cm³/mol. The summed E-state index contributed by atoms with van der Waals surface area (Å²) in [7, 11) is 0. The van der Waals surface area contributed by atoms with Crippen LogP contribution in [0.3, 0.4) is 0 Å². The Hall–Kier alpha value is -0.570. The summed E-state index contributed by atoms with van der Waals surface area (Å²) in [5.41, 5.74) is 0. The number of likely N-dealkylation sites (N-methyl/N-ethyl adjacent to an activating group) is 1. The van der Waals surface area contributed by atoms with Gasteiger partial charge in [0.1, 0.15) is 0 Å². The van der Waals surface area contributed by atoms with Gasteiger partial charge in [-0.15, -0.1) is 0 Å². The standard InChI is InChI=1S/C11H22N2O/c1-3-5-10-8-11(14)13(9-10)7-6-12-4-2/h10,12H,3-9H2,1-2H3. The van der Waals surface area contributed by atoms with Crippen molar-refractivity contribution in [3.8, 4) is 0 Å². The number of nitrogens with one attached hydrogen (secondary N) is 1. The normalized spacial score (nSPS) is 22.0. The van der Waals surface area contributed by atoms with Gasteiger partial charge in [0.2, 0.25) is 5.91 Å². The van der Waals surface area contributed by atoms with Crippen LogP contribution in [0.4, 0.5) is 0 Å². The Morgan fingerprint density at radius 1 is 1.50 bits per heavy atom. The van der Waals surface area contributed by atoms with Crippen LogP contribution in [0.2, 0.25) is 0 Å². The molecular formula is C11H22N2O. The summed E-state index contributed by atoms with van der Waals surface area (Å²) >= 11 is 0. The topological polar surface area (TPSA) is 32.3 Å². The minimum atomic E-state index is 0.348. The Morgan fingerprint density at radius 3 is 2.93 bits per heavy atom. The quantitative estimate of drug-likeness (QED) is 0.651. The highest BCUT2D eigenvalue weighted by atomic mass is 16.2. The Kier molecular flexibility index (Phi) is 4.94. The van der Waals surface area contributed by atoms with Crippen molar-refractivity contribution in [2.24, 2.45) is 5.92 Å². The van der Waals surface area contributed by atoms with E-state index in [-0.39, 0.29) is 0 Å². The third kappa shape index (κ3) is 3.29. The Balaban J connectivity index is 2.22. The summed E-state index contributed by atoms with van der Waals surface area (Å²) in [6.07, 6.45) is 3.17. The van der Waals surface area contributed by atoms with Crippen LogP contribution in [-0.4, -0.2) is 37.0 Å². The fourth-order valence-electron chi connectivity index (χ4n) is 2.06. The van der Waals surface area contributed by atoms with Gasteiger partial charge in [0.25, 0.3) is 0 Å². The summed E-state index contributed by atoms with van der Waals surface area (Å²) in [5, 5.41) is 3.25. The van der Waals surface area contributed by atoms with Crippen LogP contribution in [-0.2, 0) is 4.79 Å². The van der Waals surface area contributed by atoms with Crippen LogP contribution >= 0.6 is 0 Å². The van der Waals surface area contributed by atoms with E-state index in [0.29, 0.717) is 11.8 Å². The molecule has 0 radical (unpaired) electrons. The van der Waals surface area contributed by atoms with Gasteiger partial charge in [-0.25, -0.2) is 0 Å². The number of hydrogen-bond acceptors (Lipinski definition) is 2. The molecule has 1 aliphatic heterocycles. The van der Waals surface area contributed by atoms with Gasteiger partial charge in [-0.05, 0) is 18.9 Å². The first kappa shape index (κ1) is 11.5. The zero-order valence-corrected chi connectivity index (χ0v) is 9.38. The monoisotopic (exact) mass is 198 g/mol. The molecule has 82 valence electrons. The molecule has 1 saturated heterocycles. The molecule has 0 saturated carbocycles. The lowest BCUT2D eigenvalue weighted by atomic mass is 10.0. The van der Waals surface area contributed by atoms with Gasteiger partial charge in [-0.2, -0.15) is 0 Å². The van der Waals surface area contributed by atoms with Gasteiger partial charge >= 0.3 is 0 Å². The first-order valence-corrected chi connectivity index (χ1v) is 5.76. The van der Waals surface area contributed by atoms with Gasteiger partial charge in [0.15, 0.2) is 0 Å². The average molecular weight is 198 g/mol.